The highest BCUT2D eigenvalue weighted by atomic mass is 16.6. The number of hydrogen-bond donors (Lipinski definition) is 0. The summed E-state index contributed by atoms with van der Waals surface area (Å²) < 4.78 is 10.3. The predicted molar refractivity (Wildman–Crippen MR) is 101 cm³/mol. The second-order valence-corrected chi connectivity index (χ2v) is 7.58. The van der Waals surface area contributed by atoms with Crippen LogP contribution < -0.4 is 9.64 Å². The summed E-state index contributed by atoms with van der Waals surface area (Å²) in [6, 6.07) is 3.80. The number of benzene rings is 1. The van der Waals surface area contributed by atoms with Crippen LogP contribution in [0.15, 0.2) is 18.2 Å². The van der Waals surface area contributed by atoms with Crippen molar-refractivity contribution >= 4 is 29.2 Å². The minimum Gasteiger partial charge on any atom is -0.482 e. The zero-order valence-corrected chi connectivity index (χ0v) is 16.3. The molecule has 29 heavy (non-hydrogen) atoms. The maximum atomic E-state index is 12.3. The fraction of sp³-hybridized carbons (Fsp3) is 0.526. The van der Waals surface area contributed by atoms with E-state index in [1.54, 1.807) is 4.90 Å². The van der Waals surface area contributed by atoms with Crippen LogP contribution in [0.1, 0.15) is 20.3 Å². The average molecular weight is 405 g/mol. The molecule has 1 aromatic rings. The Morgan fingerprint density at radius 3 is 2.62 bits per heavy atom. The van der Waals surface area contributed by atoms with Crippen LogP contribution in [0.4, 0.5) is 11.4 Å². The average Bonchev–Trinajstić information content (AvgIpc) is 2.67. The molecule has 2 atom stereocenters. The number of esters is 1. The van der Waals surface area contributed by atoms with E-state index in [1.807, 2.05) is 0 Å². The maximum Gasteiger partial charge on any atom is 0.326 e. The number of likely N-dealkylation sites (tertiary alicyclic amines) is 1. The van der Waals surface area contributed by atoms with Gasteiger partial charge in [0, 0.05) is 25.2 Å². The highest BCUT2D eigenvalue weighted by Gasteiger charge is 2.30. The third-order valence-corrected chi connectivity index (χ3v) is 4.96. The first kappa shape index (κ1) is 20.6. The molecule has 1 aromatic carbocycles. The molecule has 0 aromatic heterocycles. The summed E-state index contributed by atoms with van der Waals surface area (Å²) in [7, 11) is 0. The van der Waals surface area contributed by atoms with E-state index in [1.165, 1.54) is 18.2 Å². The lowest BCUT2D eigenvalue weighted by Crippen LogP contribution is -2.45. The van der Waals surface area contributed by atoms with Gasteiger partial charge in [0.2, 0.25) is 0 Å². The minimum absolute atomic E-state index is 0.123. The van der Waals surface area contributed by atoms with Gasteiger partial charge in [-0.05, 0) is 24.3 Å². The quantitative estimate of drug-likeness (QED) is 0.412. The Kier molecular flexibility index (Phi) is 6.00. The fourth-order valence-electron chi connectivity index (χ4n) is 3.75. The summed E-state index contributed by atoms with van der Waals surface area (Å²) in [6.07, 6.45) is 1.05. The molecule has 2 heterocycles. The number of nitrogens with zero attached hydrogens (tertiary/aromatic N) is 3. The van der Waals surface area contributed by atoms with Gasteiger partial charge in [-0.2, -0.15) is 0 Å². The molecule has 0 spiro atoms. The number of rotatable bonds is 5. The summed E-state index contributed by atoms with van der Waals surface area (Å²) in [5.41, 5.74) is -0.110. The monoisotopic (exact) mass is 405 g/mol. The first-order valence-corrected chi connectivity index (χ1v) is 9.39. The van der Waals surface area contributed by atoms with Crippen LogP contribution in [0.2, 0.25) is 0 Å². The number of carbonyl (C=O) groups excluding carboxylic acids is 3. The summed E-state index contributed by atoms with van der Waals surface area (Å²) >= 11 is 0. The molecule has 2 aliphatic rings. The smallest absolute Gasteiger partial charge is 0.326 e. The number of nitro benzene ring substituents is 1. The van der Waals surface area contributed by atoms with Crippen molar-refractivity contribution in [2.24, 2.45) is 11.8 Å². The molecular formula is C19H23N3O7. The molecule has 156 valence electrons. The van der Waals surface area contributed by atoms with Gasteiger partial charge in [0.1, 0.15) is 12.3 Å². The number of anilines is 1. The van der Waals surface area contributed by atoms with Crippen molar-refractivity contribution in [3.8, 4) is 5.75 Å². The molecule has 2 aliphatic heterocycles. The number of carbonyl (C=O) groups is 3. The summed E-state index contributed by atoms with van der Waals surface area (Å²) in [4.78, 5) is 49.9. The number of hydrogen-bond acceptors (Lipinski definition) is 7. The van der Waals surface area contributed by atoms with Crippen molar-refractivity contribution in [2.75, 3.05) is 37.7 Å². The van der Waals surface area contributed by atoms with Crippen LogP contribution in [0, 0.1) is 22.0 Å². The van der Waals surface area contributed by atoms with E-state index in [9.17, 15) is 24.5 Å². The number of fused-ring (bicyclic) bond motifs is 1. The number of amides is 2. The lowest BCUT2D eigenvalue weighted by Gasteiger charge is -2.34. The highest BCUT2D eigenvalue weighted by Crippen LogP contribution is 2.35. The van der Waals surface area contributed by atoms with Crippen LogP contribution in [0.3, 0.4) is 0 Å². The Balaban J connectivity index is 1.62. The van der Waals surface area contributed by atoms with E-state index in [0.717, 1.165) is 11.3 Å². The first-order chi connectivity index (χ1) is 13.7. The van der Waals surface area contributed by atoms with E-state index < -0.39 is 30.0 Å². The second-order valence-electron chi connectivity index (χ2n) is 7.58. The molecular weight excluding hydrogens is 382 g/mol. The van der Waals surface area contributed by atoms with Crippen molar-refractivity contribution < 1.29 is 28.8 Å². The first-order valence-electron chi connectivity index (χ1n) is 9.39. The van der Waals surface area contributed by atoms with Gasteiger partial charge in [0.05, 0.1) is 10.6 Å². The fourth-order valence-corrected chi connectivity index (χ4v) is 3.75. The van der Waals surface area contributed by atoms with E-state index in [-0.39, 0.29) is 29.6 Å². The zero-order valence-electron chi connectivity index (χ0n) is 16.3. The zero-order chi connectivity index (χ0) is 21.1. The molecule has 1 fully saturated rings. The van der Waals surface area contributed by atoms with E-state index in [2.05, 4.69) is 13.8 Å². The van der Waals surface area contributed by atoms with Crippen molar-refractivity contribution in [1.29, 1.82) is 0 Å². The number of piperidine rings is 1. The van der Waals surface area contributed by atoms with Crippen molar-refractivity contribution in [3.05, 3.63) is 28.3 Å². The molecule has 10 heteroatoms. The maximum absolute atomic E-state index is 12.3. The normalized spacial score (nSPS) is 21.2. The second kappa shape index (κ2) is 8.46. The molecule has 0 N–H and O–H groups in total. The summed E-state index contributed by atoms with van der Waals surface area (Å²) in [5.74, 6) is -0.547. The van der Waals surface area contributed by atoms with Gasteiger partial charge < -0.3 is 14.4 Å². The van der Waals surface area contributed by atoms with Crippen LogP contribution in [-0.4, -0.2) is 60.5 Å². The Labute approximate surface area is 167 Å². The topological polar surface area (TPSA) is 119 Å². The van der Waals surface area contributed by atoms with Crippen LogP contribution in [0.5, 0.6) is 5.75 Å². The van der Waals surface area contributed by atoms with Gasteiger partial charge in [0.25, 0.3) is 17.5 Å². The molecule has 10 nitrogen and oxygen atoms in total. The number of nitro groups is 1. The standard InChI is InChI=1S/C19H23N3O7/c1-12-5-13(2)8-20(7-12)17(23)10-29-19(25)9-21-15-6-14(22(26)27)3-4-16(15)28-11-18(21)24/h3-4,6,12-13H,5,7-11H2,1-2H3/t12-,13-/m0/s1. The van der Waals surface area contributed by atoms with Gasteiger partial charge in [-0.1, -0.05) is 13.8 Å². The molecule has 1 saturated heterocycles. The highest BCUT2D eigenvalue weighted by molar-refractivity contribution is 6.01. The Bertz CT molecular complexity index is 831. The number of ether oxygens (including phenoxy) is 2. The van der Waals surface area contributed by atoms with Gasteiger partial charge in [-0.25, -0.2) is 0 Å². The Morgan fingerprint density at radius 2 is 1.97 bits per heavy atom. The number of non-ortho nitro benzene ring substituents is 1. The van der Waals surface area contributed by atoms with E-state index in [4.69, 9.17) is 9.47 Å². The van der Waals surface area contributed by atoms with Gasteiger partial charge >= 0.3 is 5.97 Å². The van der Waals surface area contributed by atoms with E-state index in [0.29, 0.717) is 24.9 Å². The van der Waals surface area contributed by atoms with Gasteiger partial charge in [-0.3, -0.25) is 29.4 Å². The van der Waals surface area contributed by atoms with Gasteiger partial charge in [-0.15, -0.1) is 0 Å². The molecule has 0 radical (unpaired) electrons. The SMILES string of the molecule is C[C@H]1C[C@H](C)CN(C(=O)COC(=O)CN2C(=O)COc3ccc([N+](=O)[O-])cc32)C1. The van der Waals surface area contributed by atoms with Crippen LogP contribution in [0.25, 0.3) is 0 Å². The summed E-state index contributed by atoms with van der Waals surface area (Å²) in [5, 5.41) is 11.0. The predicted octanol–water partition coefficient (Wildman–Crippen LogP) is 1.37. The third-order valence-electron chi connectivity index (χ3n) is 4.96. The van der Waals surface area contributed by atoms with Gasteiger partial charge in [0.15, 0.2) is 13.2 Å². The van der Waals surface area contributed by atoms with Crippen LogP contribution in [-0.2, 0) is 19.1 Å². The van der Waals surface area contributed by atoms with E-state index >= 15 is 0 Å². The van der Waals surface area contributed by atoms with Crippen LogP contribution >= 0.6 is 0 Å². The van der Waals surface area contributed by atoms with Crippen molar-refractivity contribution in [2.45, 2.75) is 20.3 Å². The van der Waals surface area contributed by atoms with Crippen molar-refractivity contribution in [1.82, 2.24) is 4.90 Å². The third kappa shape index (κ3) is 4.82. The molecule has 0 unspecified atom stereocenters. The minimum atomic E-state index is -0.774. The largest absolute Gasteiger partial charge is 0.482 e. The molecule has 0 aliphatic carbocycles. The lowest BCUT2D eigenvalue weighted by molar-refractivity contribution is -0.384. The summed E-state index contributed by atoms with van der Waals surface area (Å²) in [6.45, 7) is 4.24. The Morgan fingerprint density at radius 1 is 1.28 bits per heavy atom. The Hall–Kier alpha value is -3.17. The van der Waals surface area contributed by atoms with Crippen molar-refractivity contribution in [3.63, 3.8) is 0 Å². The molecule has 0 bridgehead atoms. The molecule has 2 amide bonds. The molecule has 3 rings (SSSR count). The lowest BCUT2D eigenvalue weighted by atomic mass is 9.92. The molecule has 0 saturated carbocycles.